The fourth-order valence-corrected chi connectivity index (χ4v) is 4.76. The zero-order chi connectivity index (χ0) is 23.9. The lowest BCUT2D eigenvalue weighted by Crippen LogP contribution is -2.36. The van der Waals surface area contributed by atoms with E-state index in [-0.39, 0.29) is 23.8 Å². The smallest absolute Gasteiger partial charge is 0.287 e. The van der Waals surface area contributed by atoms with Gasteiger partial charge in [0.2, 0.25) is 5.91 Å². The molecule has 1 aliphatic carbocycles. The van der Waals surface area contributed by atoms with Crippen molar-refractivity contribution in [3.63, 3.8) is 0 Å². The number of rotatable bonds is 10. The molecule has 0 saturated heterocycles. The highest BCUT2D eigenvalue weighted by Gasteiger charge is 2.27. The Morgan fingerprint density at radius 3 is 2.59 bits per heavy atom. The van der Waals surface area contributed by atoms with Crippen LogP contribution in [0.5, 0.6) is 0 Å². The van der Waals surface area contributed by atoms with Crippen molar-refractivity contribution in [1.82, 2.24) is 14.8 Å². The Morgan fingerprint density at radius 2 is 1.85 bits per heavy atom. The van der Waals surface area contributed by atoms with Gasteiger partial charge >= 0.3 is 0 Å². The maximum Gasteiger partial charge on any atom is 0.287 e. The molecule has 180 valence electrons. The maximum atomic E-state index is 13.1. The first-order chi connectivity index (χ1) is 16.5. The van der Waals surface area contributed by atoms with Crippen LogP contribution in [-0.4, -0.2) is 27.8 Å². The van der Waals surface area contributed by atoms with Gasteiger partial charge in [-0.1, -0.05) is 50.1 Å². The molecule has 4 rings (SSSR count). The lowest BCUT2D eigenvalue weighted by molar-refractivity contribution is -0.136. The minimum absolute atomic E-state index is 0.111. The average molecular weight is 462 g/mol. The van der Waals surface area contributed by atoms with Gasteiger partial charge in [0.15, 0.2) is 5.76 Å². The number of hydrogen-bond acceptors (Lipinski definition) is 3. The third kappa shape index (κ3) is 5.79. The molecule has 1 aliphatic rings. The predicted octanol–water partition coefficient (Wildman–Crippen LogP) is 5.55. The van der Waals surface area contributed by atoms with Crippen LogP contribution in [-0.2, 0) is 17.9 Å². The van der Waals surface area contributed by atoms with Crippen molar-refractivity contribution in [2.75, 3.05) is 6.54 Å². The number of amides is 2. The van der Waals surface area contributed by atoms with Crippen LogP contribution < -0.4 is 5.32 Å². The van der Waals surface area contributed by atoms with Crippen molar-refractivity contribution in [3.8, 4) is 0 Å². The van der Waals surface area contributed by atoms with Gasteiger partial charge in [0.05, 0.1) is 19.1 Å². The van der Waals surface area contributed by atoms with Crippen molar-refractivity contribution in [2.24, 2.45) is 5.92 Å². The van der Waals surface area contributed by atoms with Gasteiger partial charge in [-0.25, -0.2) is 0 Å². The van der Waals surface area contributed by atoms with Crippen LogP contribution in [0.1, 0.15) is 79.6 Å². The molecule has 1 aromatic carbocycles. The highest BCUT2D eigenvalue weighted by molar-refractivity contribution is 5.91. The lowest BCUT2D eigenvalue weighted by atomic mass is 10.1. The minimum Gasteiger partial charge on any atom is -0.454 e. The topological polar surface area (TPSA) is 67.5 Å². The lowest BCUT2D eigenvalue weighted by Gasteiger charge is -2.26. The van der Waals surface area contributed by atoms with Crippen LogP contribution in [0.2, 0.25) is 0 Å². The number of nitrogens with zero attached hydrogens (tertiary/aromatic N) is 2. The van der Waals surface area contributed by atoms with Gasteiger partial charge in [-0.2, -0.15) is 0 Å². The van der Waals surface area contributed by atoms with E-state index >= 15 is 0 Å². The van der Waals surface area contributed by atoms with E-state index in [1.807, 2.05) is 60.5 Å². The first kappa shape index (κ1) is 23.9. The monoisotopic (exact) mass is 461 g/mol. The normalized spacial score (nSPS) is 14.8. The highest BCUT2D eigenvalue weighted by atomic mass is 16.4. The fourth-order valence-electron chi connectivity index (χ4n) is 4.76. The van der Waals surface area contributed by atoms with E-state index in [1.165, 1.54) is 0 Å². The molecular weight excluding hydrogens is 426 g/mol. The van der Waals surface area contributed by atoms with Crippen molar-refractivity contribution in [2.45, 2.75) is 65.1 Å². The number of aromatic nitrogens is 1. The summed E-state index contributed by atoms with van der Waals surface area (Å²) in [5.41, 5.74) is 2.11. The molecule has 1 saturated carbocycles. The zero-order valence-electron chi connectivity index (χ0n) is 20.2. The van der Waals surface area contributed by atoms with Crippen molar-refractivity contribution in [1.29, 1.82) is 0 Å². The third-order valence-corrected chi connectivity index (χ3v) is 6.64. The summed E-state index contributed by atoms with van der Waals surface area (Å²) in [7, 11) is 0. The quantitative estimate of drug-likeness (QED) is 0.430. The number of nitrogens with one attached hydrogen (secondary N) is 1. The fraction of sp³-hybridized carbons (Fsp3) is 0.429. The maximum absolute atomic E-state index is 13.1. The average Bonchev–Trinajstić information content (AvgIpc) is 3.62. The molecule has 3 aromatic rings. The largest absolute Gasteiger partial charge is 0.454 e. The van der Waals surface area contributed by atoms with Crippen molar-refractivity contribution in [3.05, 3.63) is 83.6 Å². The second kappa shape index (κ2) is 11.2. The summed E-state index contributed by atoms with van der Waals surface area (Å²) in [6.07, 6.45) is 7.29. The molecule has 2 aromatic heterocycles. The van der Waals surface area contributed by atoms with Crippen molar-refractivity contribution >= 4 is 11.8 Å². The van der Waals surface area contributed by atoms with E-state index < -0.39 is 0 Å². The second-order valence-corrected chi connectivity index (χ2v) is 9.24. The van der Waals surface area contributed by atoms with Crippen molar-refractivity contribution < 1.29 is 14.0 Å². The van der Waals surface area contributed by atoms with E-state index in [0.717, 1.165) is 49.9 Å². The molecule has 6 heteroatoms. The van der Waals surface area contributed by atoms with Gasteiger partial charge in [-0.05, 0) is 56.0 Å². The Labute approximate surface area is 201 Å². The Hall–Kier alpha value is -3.28. The molecule has 0 radical (unpaired) electrons. The first-order valence-corrected chi connectivity index (χ1v) is 12.4. The molecule has 6 nitrogen and oxygen atoms in total. The molecule has 34 heavy (non-hydrogen) atoms. The van der Waals surface area contributed by atoms with Crippen LogP contribution >= 0.6 is 0 Å². The molecule has 0 spiro atoms. The van der Waals surface area contributed by atoms with Gasteiger partial charge < -0.3 is 19.2 Å². The Morgan fingerprint density at radius 1 is 1.09 bits per heavy atom. The summed E-state index contributed by atoms with van der Waals surface area (Å²) in [4.78, 5) is 27.7. The SMILES string of the molecule is CCCN(Cc1cccn1Cc1ccc(C(=O)NC(C)c2ccccc2)o1)C(=O)C1CCCC1. The Kier molecular flexibility index (Phi) is 7.88. The van der Waals surface area contributed by atoms with E-state index in [9.17, 15) is 9.59 Å². The van der Waals surface area contributed by atoms with Gasteiger partial charge in [0.1, 0.15) is 5.76 Å². The molecule has 2 amide bonds. The summed E-state index contributed by atoms with van der Waals surface area (Å²) >= 11 is 0. The summed E-state index contributed by atoms with van der Waals surface area (Å²) in [6.45, 7) is 5.95. The predicted molar refractivity (Wildman–Crippen MR) is 132 cm³/mol. The van der Waals surface area contributed by atoms with Crippen LogP contribution in [0.25, 0.3) is 0 Å². The van der Waals surface area contributed by atoms with Crippen LogP contribution in [0.4, 0.5) is 0 Å². The van der Waals surface area contributed by atoms with Gasteiger partial charge in [0, 0.05) is 24.4 Å². The van der Waals surface area contributed by atoms with Gasteiger partial charge in [-0.15, -0.1) is 0 Å². The van der Waals surface area contributed by atoms with Crippen LogP contribution in [0, 0.1) is 5.92 Å². The van der Waals surface area contributed by atoms with E-state index in [2.05, 4.69) is 22.9 Å². The standard InChI is InChI=1S/C28H35N3O3/c1-3-17-31(28(33)23-12-7-8-13-23)19-24-14-9-18-30(24)20-25-15-16-26(34-25)27(32)29-21(2)22-10-5-4-6-11-22/h4-6,9-11,14-16,18,21,23H,3,7-8,12-13,17,19-20H2,1-2H3,(H,29,32). The molecule has 0 aliphatic heterocycles. The molecule has 1 N–H and O–H groups in total. The summed E-state index contributed by atoms with van der Waals surface area (Å²) in [6, 6.07) is 17.4. The van der Waals surface area contributed by atoms with E-state index in [1.54, 1.807) is 6.07 Å². The van der Waals surface area contributed by atoms with E-state index in [0.29, 0.717) is 24.6 Å². The number of carbonyl (C=O) groups excluding carboxylic acids is 2. The third-order valence-electron chi connectivity index (χ3n) is 6.64. The zero-order valence-corrected chi connectivity index (χ0v) is 20.2. The summed E-state index contributed by atoms with van der Waals surface area (Å²) in [5, 5.41) is 2.99. The van der Waals surface area contributed by atoms with E-state index in [4.69, 9.17) is 4.42 Å². The molecular formula is C28H35N3O3. The molecule has 1 atom stereocenters. The molecule has 1 unspecified atom stereocenters. The van der Waals surface area contributed by atoms with Crippen LogP contribution in [0.15, 0.2) is 65.2 Å². The highest BCUT2D eigenvalue weighted by Crippen LogP contribution is 2.27. The summed E-state index contributed by atoms with van der Waals surface area (Å²) < 4.78 is 7.97. The number of benzene rings is 1. The summed E-state index contributed by atoms with van der Waals surface area (Å²) in [5.74, 6) is 1.25. The second-order valence-electron chi connectivity index (χ2n) is 9.24. The minimum atomic E-state index is -0.230. The molecule has 1 fully saturated rings. The van der Waals surface area contributed by atoms with Gasteiger partial charge in [0.25, 0.3) is 5.91 Å². The molecule has 0 bridgehead atoms. The Bertz CT molecular complexity index is 1080. The Balaban J connectivity index is 1.39. The number of furan rings is 1. The van der Waals surface area contributed by atoms with Crippen LogP contribution in [0.3, 0.4) is 0 Å². The number of carbonyl (C=O) groups is 2. The molecule has 2 heterocycles. The first-order valence-electron chi connectivity index (χ1n) is 12.4. The van der Waals surface area contributed by atoms with Gasteiger partial charge in [-0.3, -0.25) is 9.59 Å². The number of hydrogen-bond donors (Lipinski definition) is 1.